The fourth-order valence-corrected chi connectivity index (χ4v) is 5.85. The van der Waals surface area contributed by atoms with Crippen LogP contribution in [0.5, 0.6) is 0 Å². The first-order valence-corrected chi connectivity index (χ1v) is 10.1. The molecule has 1 amide bonds. The predicted molar refractivity (Wildman–Crippen MR) is 88.4 cm³/mol. The van der Waals surface area contributed by atoms with Gasteiger partial charge in [0.1, 0.15) is 21.4 Å². The lowest BCUT2D eigenvalue weighted by molar-refractivity contribution is -0.147. The Morgan fingerprint density at radius 1 is 1.38 bits per heavy atom. The maximum absolute atomic E-state index is 12.7. The van der Waals surface area contributed by atoms with Crippen LogP contribution in [-0.4, -0.2) is 49.3 Å². The highest BCUT2D eigenvalue weighted by Gasteiger charge is 2.41. The molecule has 0 bridgehead atoms. The van der Waals surface area contributed by atoms with Crippen molar-refractivity contribution in [1.29, 1.82) is 0 Å². The second-order valence-electron chi connectivity index (χ2n) is 6.64. The van der Waals surface area contributed by atoms with E-state index in [0.717, 1.165) is 24.2 Å². The third-order valence-corrected chi connectivity index (χ3v) is 7.16. The first kappa shape index (κ1) is 17.4. The van der Waals surface area contributed by atoms with Gasteiger partial charge < -0.3 is 10.1 Å². The molecule has 9 heteroatoms. The zero-order valence-electron chi connectivity index (χ0n) is 13.6. The summed E-state index contributed by atoms with van der Waals surface area (Å²) in [5, 5.41) is 4.18. The maximum atomic E-state index is 12.7. The Hall–Kier alpha value is -1.45. The Morgan fingerprint density at radius 2 is 2.04 bits per heavy atom. The highest BCUT2D eigenvalue weighted by molar-refractivity contribution is 7.89. The Bertz CT molecular complexity index is 763. The monoisotopic (exact) mass is 372 g/mol. The van der Waals surface area contributed by atoms with Gasteiger partial charge in [0.05, 0.1) is 0 Å². The van der Waals surface area contributed by atoms with Crippen LogP contribution in [0, 0.1) is 0 Å². The number of rotatable bonds is 4. The van der Waals surface area contributed by atoms with Crippen molar-refractivity contribution in [2.75, 3.05) is 13.1 Å². The average Bonchev–Trinajstić information content (AvgIpc) is 3.19. The number of nitrogens with one attached hydrogen (secondary N) is 1. The van der Waals surface area contributed by atoms with E-state index in [1.165, 1.54) is 10.4 Å². The zero-order chi connectivity index (χ0) is 17.5. The van der Waals surface area contributed by atoms with Gasteiger partial charge in [-0.3, -0.25) is 4.79 Å². The van der Waals surface area contributed by atoms with Crippen LogP contribution in [0.25, 0.3) is 0 Å². The van der Waals surface area contributed by atoms with Gasteiger partial charge in [0.2, 0.25) is 10.0 Å². The van der Waals surface area contributed by atoms with Crippen molar-refractivity contribution in [3.8, 4) is 0 Å². The number of thiophene rings is 1. The van der Waals surface area contributed by atoms with E-state index in [1.54, 1.807) is 19.2 Å². The van der Waals surface area contributed by atoms with Gasteiger partial charge in [0.25, 0.3) is 5.91 Å². The lowest BCUT2D eigenvalue weighted by Gasteiger charge is -2.16. The van der Waals surface area contributed by atoms with Crippen LogP contribution in [-0.2, 0) is 19.6 Å². The van der Waals surface area contributed by atoms with Gasteiger partial charge in [-0.1, -0.05) is 0 Å². The van der Waals surface area contributed by atoms with Crippen LogP contribution in [0.4, 0.5) is 0 Å². The molecule has 1 unspecified atom stereocenters. The summed E-state index contributed by atoms with van der Waals surface area (Å²) in [7, 11) is -3.67. The number of ether oxygens (including phenoxy) is 1. The summed E-state index contributed by atoms with van der Waals surface area (Å²) in [5.41, 5.74) is -0.630. The van der Waals surface area contributed by atoms with Crippen LogP contribution in [0.2, 0.25) is 0 Å². The molecule has 1 aromatic heterocycles. The zero-order valence-corrected chi connectivity index (χ0v) is 15.2. The fraction of sp³-hybridized carbons (Fsp3) is 0.600. The minimum atomic E-state index is -3.67. The lowest BCUT2D eigenvalue weighted by Crippen LogP contribution is -2.39. The third-order valence-electron chi connectivity index (χ3n) is 4.18. The number of esters is 1. The van der Waals surface area contributed by atoms with Crippen LogP contribution in [0.1, 0.15) is 42.8 Å². The molecule has 0 saturated carbocycles. The van der Waals surface area contributed by atoms with Crippen LogP contribution in [0.15, 0.2) is 16.3 Å². The molecule has 2 saturated heterocycles. The second-order valence-corrected chi connectivity index (χ2v) is 9.46. The smallest absolute Gasteiger partial charge is 0.329 e. The standard InChI is InChI=1S/C15H20N2O5S2/c1-15(2)9-10(14(19)22-15)16-13(18)12-11(5-8-23-12)24(20,21)17-6-3-4-7-17/h5,8,10H,3-4,6-7,9H2,1-2H3,(H,16,18). The molecule has 0 aromatic carbocycles. The largest absolute Gasteiger partial charge is 0.458 e. The van der Waals surface area contributed by atoms with Gasteiger partial charge in [0, 0.05) is 19.5 Å². The molecule has 7 nitrogen and oxygen atoms in total. The van der Waals surface area contributed by atoms with Crippen LogP contribution in [0.3, 0.4) is 0 Å². The predicted octanol–water partition coefficient (Wildman–Crippen LogP) is 1.36. The SMILES string of the molecule is CC1(C)CC(NC(=O)c2sccc2S(=O)(=O)N2CCCC2)C(=O)O1. The van der Waals surface area contributed by atoms with E-state index in [2.05, 4.69) is 5.32 Å². The van der Waals surface area contributed by atoms with Gasteiger partial charge in [-0.25, -0.2) is 13.2 Å². The van der Waals surface area contributed by atoms with E-state index in [0.29, 0.717) is 19.5 Å². The highest BCUT2D eigenvalue weighted by Crippen LogP contribution is 2.29. The lowest BCUT2D eigenvalue weighted by atomic mass is 10.0. The summed E-state index contributed by atoms with van der Waals surface area (Å²) >= 11 is 1.06. The molecular formula is C15H20N2O5S2. The van der Waals surface area contributed by atoms with Gasteiger partial charge in [0.15, 0.2) is 0 Å². The molecular weight excluding hydrogens is 352 g/mol. The Labute approximate surface area is 145 Å². The van der Waals surface area contributed by atoms with Crippen LogP contribution >= 0.6 is 11.3 Å². The first-order valence-electron chi connectivity index (χ1n) is 7.82. The molecule has 0 aliphatic carbocycles. The summed E-state index contributed by atoms with van der Waals surface area (Å²) in [6.45, 7) is 4.49. The van der Waals surface area contributed by atoms with Gasteiger partial charge in [-0.05, 0) is 38.1 Å². The van der Waals surface area contributed by atoms with Crippen molar-refractivity contribution in [3.63, 3.8) is 0 Å². The number of nitrogens with zero attached hydrogens (tertiary/aromatic N) is 1. The number of carbonyl (C=O) groups is 2. The van der Waals surface area contributed by atoms with E-state index < -0.39 is 33.5 Å². The van der Waals surface area contributed by atoms with E-state index in [1.807, 2.05) is 0 Å². The quantitative estimate of drug-likeness (QED) is 0.806. The number of cyclic esters (lactones) is 1. The Kier molecular flexibility index (Phi) is 4.43. The van der Waals surface area contributed by atoms with Gasteiger partial charge in [-0.15, -0.1) is 11.3 Å². The van der Waals surface area contributed by atoms with Gasteiger partial charge in [-0.2, -0.15) is 4.31 Å². The minimum Gasteiger partial charge on any atom is -0.458 e. The summed E-state index contributed by atoms with van der Waals surface area (Å²) in [6.07, 6.45) is 2.01. The molecule has 3 rings (SSSR count). The van der Waals surface area contributed by atoms with Crippen molar-refractivity contribution >= 4 is 33.2 Å². The van der Waals surface area contributed by atoms with Gasteiger partial charge >= 0.3 is 5.97 Å². The number of hydrogen-bond acceptors (Lipinski definition) is 6. The molecule has 24 heavy (non-hydrogen) atoms. The molecule has 2 aliphatic heterocycles. The molecule has 2 fully saturated rings. The molecule has 0 radical (unpaired) electrons. The maximum Gasteiger partial charge on any atom is 0.329 e. The average molecular weight is 372 g/mol. The number of amides is 1. The van der Waals surface area contributed by atoms with E-state index >= 15 is 0 Å². The third kappa shape index (κ3) is 3.20. The first-order chi connectivity index (χ1) is 11.2. The molecule has 2 aliphatic rings. The number of carbonyl (C=O) groups excluding carboxylic acids is 2. The highest BCUT2D eigenvalue weighted by atomic mass is 32.2. The molecule has 1 atom stereocenters. The minimum absolute atomic E-state index is 0.0116. The normalized spacial score (nSPS) is 24.1. The molecule has 1 N–H and O–H groups in total. The Balaban J connectivity index is 1.80. The summed E-state index contributed by atoms with van der Waals surface area (Å²) < 4.78 is 32.0. The Morgan fingerprint density at radius 3 is 2.62 bits per heavy atom. The number of hydrogen-bond donors (Lipinski definition) is 1. The van der Waals surface area contributed by atoms with E-state index in [-0.39, 0.29) is 9.77 Å². The fourth-order valence-electron chi connectivity index (χ4n) is 3.03. The molecule has 132 valence electrons. The number of sulfonamides is 1. The molecule has 0 spiro atoms. The van der Waals surface area contributed by atoms with Crippen molar-refractivity contribution in [2.24, 2.45) is 0 Å². The van der Waals surface area contributed by atoms with Crippen molar-refractivity contribution < 1.29 is 22.7 Å². The van der Waals surface area contributed by atoms with Crippen molar-refractivity contribution in [1.82, 2.24) is 9.62 Å². The van der Waals surface area contributed by atoms with Crippen molar-refractivity contribution in [3.05, 3.63) is 16.3 Å². The second kappa shape index (κ2) is 6.12. The summed E-state index contributed by atoms with van der Waals surface area (Å²) in [6, 6.07) is 0.696. The topological polar surface area (TPSA) is 92.8 Å². The summed E-state index contributed by atoms with van der Waals surface area (Å²) in [4.78, 5) is 24.5. The molecule has 3 heterocycles. The molecule has 1 aromatic rings. The van der Waals surface area contributed by atoms with Crippen LogP contribution < -0.4 is 5.32 Å². The van der Waals surface area contributed by atoms with E-state index in [4.69, 9.17) is 4.74 Å². The van der Waals surface area contributed by atoms with Crippen molar-refractivity contribution in [2.45, 2.75) is 49.6 Å². The summed E-state index contributed by atoms with van der Waals surface area (Å²) in [5.74, 6) is -1.05. The van der Waals surface area contributed by atoms with E-state index in [9.17, 15) is 18.0 Å².